The number of hydrogen-bond acceptors (Lipinski definition) is 5. The van der Waals surface area contributed by atoms with Crippen LogP contribution in [0.5, 0.6) is 0 Å². The summed E-state index contributed by atoms with van der Waals surface area (Å²) in [5.74, 6) is -0.731. The number of amides is 1. The average molecular weight is 481 g/mol. The van der Waals surface area contributed by atoms with Crippen LogP contribution in [0.1, 0.15) is 44.3 Å². The fourth-order valence-corrected chi connectivity index (χ4v) is 4.60. The number of anilines is 2. The first-order chi connectivity index (χ1) is 16.1. The Kier molecular flexibility index (Phi) is 7.73. The summed E-state index contributed by atoms with van der Waals surface area (Å²) >= 11 is 0. The summed E-state index contributed by atoms with van der Waals surface area (Å²) in [5.41, 5.74) is 4.53. The third-order valence-corrected chi connectivity index (χ3v) is 6.40. The number of hydrogen-bond donors (Lipinski definition) is 1. The van der Waals surface area contributed by atoms with E-state index in [1.54, 1.807) is 55.5 Å². The summed E-state index contributed by atoms with van der Waals surface area (Å²) in [6, 6.07) is 18.9. The van der Waals surface area contributed by atoms with Gasteiger partial charge in [0, 0.05) is 11.3 Å². The standard InChI is InChI=1S/C26H28N2O5S/c1-5-33-26(30)22-13-15-23(16-14-22)27-25(29)21-11-9-20(10-12-21)17-28(34(4,31)32)24-18(2)7-6-8-19(24)3/h6-16H,5,17H2,1-4H3,(H,27,29). The molecule has 0 saturated carbocycles. The molecular weight excluding hydrogens is 452 g/mol. The molecule has 0 aliphatic carbocycles. The summed E-state index contributed by atoms with van der Waals surface area (Å²) in [6.07, 6.45) is 1.19. The van der Waals surface area contributed by atoms with Crippen LogP contribution < -0.4 is 9.62 Å². The van der Waals surface area contributed by atoms with Gasteiger partial charge in [0.05, 0.1) is 30.7 Å². The fraction of sp³-hybridized carbons (Fsp3) is 0.231. The van der Waals surface area contributed by atoms with Gasteiger partial charge in [0.2, 0.25) is 10.0 Å². The molecule has 0 bridgehead atoms. The van der Waals surface area contributed by atoms with Gasteiger partial charge in [-0.05, 0) is 73.9 Å². The normalized spacial score (nSPS) is 11.1. The Labute approximate surface area is 200 Å². The minimum Gasteiger partial charge on any atom is -0.462 e. The van der Waals surface area contributed by atoms with Crippen molar-refractivity contribution >= 4 is 33.3 Å². The number of carbonyl (C=O) groups excluding carboxylic acids is 2. The summed E-state index contributed by atoms with van der Waals surface area (Å²) < 4.78 is 31.4. The first kappa shape index (κ1) is 25.0. The van der Waals surface area contributed by atoms with Crippen LogP contribution in [0, 0.1) is 13.8 Å². The molecule has 0 radical (unpaired) electrons. The van der Waals surface area contributed by atoms with Crippen molar-refractivity contribution in [3.63, 3.8) is 0 Å². The average Bonchev–Trinajstić information content (AvgIpc) is 2.78. The quantitative estimate of drug-likeness (QED) is 0.472. The van der Waals surface area contributed by atoms with Crippen molar-refractivity contribution in [1.82, 2.24) is 0 Å². The number of sulfonamides is 1. The van der Waals surface area contributed by atoms with Crippen molar-refractivity contribution in [3.8, 4) is 0 Å². The zero-order valence-electron chi connectivity index (χ0n) is 19.7. The Bertz CT molecular complexity index is 1260. The van der Waals surface area contributed by atoms with Crippen molar-refractivity contribution in [2.45, 2.75) is 27.3 Å². The van der Waals surface area contributed by atoms with Gasteiger partial charge in [-0.25, -0.2) is 13.2 Å². The summed E-state index contributed by atoms with van der Waals surface area (Å²) in [6.45, 7) is 5.95. The second-order valence-corrected chi connectivity index (χ2v) is 9.87. The van der Waals surface area contributed by atoms with Crippen LogP contribution in [0.3, 0.4) is 0 Å². The van der Waals surface area contributed by atoms with Crippen molar-refractivity contribution in [2.24, 2.45) is 0 Å². The lowest BCUT2D eigenvalue weighted by Crippen LogP contribution is -2.30. The highest BCUT2D eigenvalue weighted by molar-refractivity contribution is 7.92. The number of aryl methyl sites for hydroxylation is 2. The number of nitrogens with one attached hydrogen (secondary N) is 1. The third kappa shape index (κ3) is 6.02. The van der Waals surface area contributed by atoms with Crippen LogP contribution >= 0.6 is 0 Å². The van der Waals surface area contributed by atoms with E-state index in [9.17, 15) is 18.0 Å². The zero-order chi connectivity index (χ0) is 24.9. The van der Waals surface area contributed by atoms with Gasteiger partial charge in [0.25, 0.3) is 5.91 Å². The number of ether oxygens (including phenoxy) is 1. The molecule has 7 nitrogen and oxygen atoms in total. The molecule has 0 unspecified atom stereocenters. The summed E-state index contributed by atoms with van der Waals surface area (Å²) in [4.78, 5) is 24.4. The molecule has 178 valence electrons. The monoisotopic (exact) mass is 480 g/mol. The maximum absolute atomic E-state index is 12.6. The van der Waals surface area contributed by atoms with Gasteiger partial charge in [-0.15, -0.1) is 0 Å². The Morgan fingerprint density at radius 2 is 1.44 bits per heavy atom. The van der Waals surface area contributed by atoms with E-state index < -0.39 is 16.0 Å². The van der Waals surface area contributed by atoms with E-state index in [1.807, 2.05) is 32.0 Å². The summed E-state index contributed by atoms with van der Waals surface area (Å²) in [5, 5.41) is 2.78. The zero-order valence-corrected chi connectivity index (χ0v) is 20.5. The molecule has 3 rings (SSSR count). The largest absolute Gasteiger partial charge is 0.462 e. The molecular formula is C26H28N2O5S. The van der Waals surface area contributed by atoms with E-state index in [4.69, 9.17) is 4.74 Å². The Balaban J connectivity index is 1.74. The van der Waals surface area contributed by atoms with Gasteiger partial charge in [-0.2, -0.15) is 0 Å². The topological polar surface area (TPSA) is 92.8 Å². The van der Waals surface area contributed by atoms with Crippen molar-refractivity contribution in [2.75, 3.05) is 22.5 Å². The van der Waals surface area contributed by atoms with Crippen LogP contribution in [-0.4, -0.2) is 33.2 Å². The lowest BCUT2D eigenvalue weighted by atomic mass is 10.1. The first-order valence-corrected chi connectivity index (χ1v) is 12.7. The predicted molar refractivity (Wildman–Crippen MR) is 134 cm³/mol. The molecule has 0 aliphatic heterocycles. The van der Waals surface area contributed by atoms with E-state index in [-0.39, 0.29) is 12.5 Å². The van der Waals surface area contributed by atoms with E-state index in [2.05, 4.69) is 5.32 Å². The van der Waals surface area contributed by atoms with Crippen LogP contribution in [0.2, 0.25) is 0 Å². The lowest BCUT2D eigenvalue weighted by Gasteiger charge is -2.26. The molecule has 1 N–H and O–H groups in total. The number of benzene rings is 3. The molecule has 34 heavy (non-hydrogen) atoms. The van der Waals surface area contributed by atoms with E-state index >= 15 is 0 Å². The van der Waals surface area contributed by atoms with E-state index in [0.717, 1.165) is 16.7 Å². The predicted octanol–water partition coefficient (Wildman–Crippen LogP) is 4.70. The van der Waals surface area contributed by atoms with Gasteiger partial charge < -0.3 is 10.1 Å². The highest BCUT2D eigenvalue weighted by atomic mass is 32.2. The molecule has 0 aromatic heterocycles. The number of esters is 1. The maximum Gasteiger partial charge on any atom is 0.338 e. The molecule has 1 amide bonds. The van der Waals surface area contributed by atoms with Crippen molar-refractivity contribution < 1.29 is 22.7 Å². The molecule has 0 spiro atoms. The number of rotatable bonds is 8. The van der Waals surface area contributed by atoms with Gasteiger partial charge in [0.15, 0.2) is 0 Å². The molecule has 0 saturated heterocycles. The van der Waals surface area contributed by atoms with Gasteiger partial charge >= 0.3 is 5.97 Å². The van der Waals surface area contributed by atoms with Crippen LogP contribution in [0.25, 0.3) is 0 Å². The Morgan fingerprint density at radius 1 is 0.882 bits per heavy atom. The molecule has 3 aromatic carbocycles. The van der Waals surface area contributed by atoms with Crippen molar-refractivity contribution in [3.05, 3.63) is 94.5 Å². The number of para-hydroxylation sites is 1. The van der Waals surface area contributed by atoms with Gasteiger partial charge in [0.1, 0.15) is 0 Å². The molecule has 3 aromatic rings. The fourth-order valence-electron chi connectivity index (χ4n) is 3.60. The van der Waals surface area contributed by atoms with Crippen LogP contribution in [0.15, 0.2) is 66.7 Å². The Hall–Kier alpha value is -3.65. The molecule has 0 aliphatic rings. The van der Waals surface area contributed by atoms with Crippen molar-refractivity contribution in [1.29, 1.82) is 0 Å². The van der Waals surface area contributed by atoms with Crippen LogP contribution in [-0.2, 0) is 21.3 Å². The number of carbonyl (C=O) groups is 2. The molecule has 0 fully saturated rings. The second-order valence-electron chi connectivity index (χ2n) is 7.96. The molecule has 0 heterocycles. The molecule has 0 atom stereocenters. The Morgan fingerprint density at radius 3 is 1.97 bits per heavy atom. The second kappa shape index (κ2) is 10.5. The third-order valence-electron chi connectivity index (χ3n) is 5.29. The molecule has 8 heteroatoms. The number of nitrogens with zero attached hydrogens (tertiary/aromatic N) is 1. The lowest BCUT2D eigenvalue weighted by molar-refractivity contribution is 0.0526. The highest BCUT2D eigenvalue weighted by Crippen LogP contribution is 2.28. The smallest absolute Gasteiger partial charge is 0.338 e. The van der Waals surface area contributed by atoms with Crippen LogP contribution in [0.4, 0.5) is 11.4 Å². The summed E-state index contributed by atoms with van der Waals surface area (Å²) in [7, 11) is -3.52. The minimum atomic E-state index is -3.52. The van der Waals surface area contributed by atoms with Gasteiger partial charge in [-0.1, -0.05) is 30.3 Å². The first-order valence-electron chi connectivity index (χ1n) is 10.8. The van der Waals surface area contributed by atoms with Gasteiger partial charge in [-0.3, -0.25) is 9.10 Å². The SMILES string of the molecule is CCOC(=O)c1ccc(NC(=O)c2ccc(CN(c3c(C)cccc3C)S(C)(=O)=O)cc2)cc1. The maximum atomic E-state index is 12.6. The van der Waals surface area contributed by atoms with E-state index in [0.29, 0.717) is 29.1 Å². The van der Waals surface area contributed by atoms with E-state index in [1.165, 1.54) is 10.6 Å². The minimum absolute atomic E-state index is 0.155. The highest BCUT2D eigenvalue weighted by Gasteiger charge is 2.21.